The molecular formula is C28H28N2O3. The van der Waals surface area contributed by atoms with Crippen LogP contribution in [0.5, 0.6) is 11.5 Å². The fourth-order valence-corrected chi connectivity index (χ4v) is 3.53. The molecule has 5 heteroatoms. The van der Waals surface area contributed by atoms with Crippen molar-refractivity contribution in [3.8, 4) is 17.6 Å². The number of methoxy groups -OCH3 is 1. The molecule has 1 N–H and O–H groups in total. The van der Waals surface area contributed by atoms with Crippen LogP contribution in [0.4, 0.5) is 5.69 Å². The van der Waals surface area contributed by atoms with E-state index in [0.717, 1.165) is 23.1 Å². The van der Waals surface area contributed by atoms with Crippen LogP contribution < -0.4 is 14.8 Å². The molecule has 3 aromatic rings. The van der Waals surface area contributed by atoms with Gasteiger partial charge in [0.15, 0.2) is 0 Å². The van der Waals surface area contributed by atoms with Gasteiger partial charge in [0.1, 0.15) is 29.7 Å². The summed E-state index contributed by atoms with van der Waals surface area (Å²) in [6.45, 7) is 6.51. The number of carbonyl (C=O) groups is 1. The lowest BCUT2D eigenvalue weighted by Crippen LogP contribution is -2.13. The first-order valence-corrected chi connectivity index (χ1v) is 10.8. The Kier molecular flexibility index (Phi) is 7.88. The Hall–Kier alpha value is -4.04. The van der Waals surface area contributed by atoms with E-state index in [1.165, 1.54) is 11.6 Å². The molecule has 0 aromatic heterocycles. The molecule has 0 radical (unpaired) electrons. The van der Waals surface area contributed by atoms with E-state index in [1.54, 1.807) is 25.3 Å². The summed E-state index contributed by atoms with van der Waals surface area (Å²) in [5.41, 5.74) is 5.78. The topological polar surface area (TPSA) is 71.4 Å². The van der Waals surface area contributed by atoms with Gasteiger partial charge in [-0.3, -0.25) is 4.79 Å². The van der Waals surface area contributed by atoms with Crippen molar-refractivity contribution in [1.82, 2.24) is 0 Å². The van der Waals surface area contributed by atoms with Crippen molar-refractivity contribution in [2.45, 2.75) is 33.8 Å². The minimum absolute atomic E-state index is 0.0176. The third-order valence-corrected chi connectivity index (χ3v) is 5.18. The first-order valence-electron chi connectivity index (χ1n) is 10.8. The summed E-state index contributed by atoms with van der Waals surface area (Å²) in [6.07, 6.45) is 2.45. The number of nitrogens with zero attached hydrogens (tertiary/aromatic N) is 1. The van der Waals surface area contributed by atoms with Gasteiger partial charge < -0.3 is 14.8 Å². The summed E-state index contributed by atoms with van der Waals surface area (Å²) in [6, 6.07) is 21.1. The fraction of sp³-hybridized carbons (Fsp3) is 0.214. The molecule has 5 nitrogen and oxygen atoms in total. The van der Waals surface area contributed by atoms with Crippen LogP contribution >= 0.6 is 0 Å². The molecule has 1 amide bonds. The highest BCUT2D eigenvalue weighted by molar-refractivity contribution is 6.09. The lowest BCUT2D eigenvalue weighted by Gasteiger charge is -2.13. The molecule has 0 unspecified atom stereocenters. The summed E-state index contributed by atoms with van der Waals surface area (Å²) < 4.78 is 11.4. The molecule has 0 aliphatic carbocycles. The molecule has 0 aliphatic heterocycles. The number of aryl methyl sites for hydroxylation is 3. The van der Waals surface area contributed by atoms with E-state index in [4.69, 9.17) is 9.47 Å². The van der Waals surface area contributed by atoms with Gasteiger partial charge in [-0.05, 0) is 61.7 Å². The zero-order chi connectivity index (χ0) is 23.8. The van der Waals surface area contributed by atoms with Crippen LogP contribution in [0, 0.1) is 25.2 Å². The molecule has 0 saturated heterocycles. The van der Waals surface area contributed by atoms with E-state index in [-0.39, 0.29) is 5.57 Å². The highest BCUT2D eigenvalue weighted by Crippen LogP contribution is 2.28. The van der Waals surface area contributed by atoms with Crippen LogP contribution in [-0.2, 0) is 17.8 Å². The normalized spacial score (nSPS) is 10.9. The molecular weight excluding hydrogens is 412 g/mol. The molecule has 0 bridgehead atoms. The predicted molar refractivity (Wildman–Crippen MR) is 131 cm³/mol. The highest BCUT2D eigenvalue weighted by Gasteiger charge is 2.13. The van der Waals surface area contributed by atoms with Gasteiger partial charge in [0.25, 0.3) is 5.91 Å². The van der Waals surface area contributed by atoms with Crippen LogP contribution in [0.25, 0.3) is 6.08 Å². The molecule has 0 heterocycles. The smallest absolute Gasteiger partial charge is 0.266 e. The quantitative estimate of drug-likeness (QED) is 0.344. The van der Waals surface area contributed by atoms with E-state index in [2.05, 4.69) is 30.4 Å². The zero-order valence-corrected chi connectivity index (χ0v) is 19.4. The summed E-state index contributed by atoms with van der Waals surface area (Å²) in [7, 11) is 1.58. The van der Waals surface area contributed by atoms with Crippen LogP contribution in [0.1, 0.15) is 34.7 Å². The average molecular weight is 441 g/mol. The number of nitriles is 1. The summed E-state index contributed by atoms with van der Waals surface area (Å²) in [5.74, 6) is 0.681. The predicted octanol–water partition coefficient (Wildman–Crippen LogP) is 6.00. The van der Waals surface area contributed by atoms with Crippen LogP contribution in [0.3, 0.4) is 0 Å². The van der Waals surface area contributed by atoms with Gasteiger partial charge in [0.05, 0.1) is 7.11 Å². The minimum Gasteiger partial charge on any atom is -0.497 e. The first-order chi connectivity index (χ1) is 15.9. The second kappa shape index (κ2) is 11.0. The van der Waals surface area contributed by atoms with Gasteiger partial charge in [0, 0.05) is 17.3 Å². The summed E-state index contributed by atoms with van der Waals surface area (Å²) in [4.78, 5) is 12.7. The molecule has 3 aromatic carbocycles. The Morgan fingerprint density at radius 1 is 1.00 bits per heavy atom. The molecule has 3 rings (SSSR count). The molecule has 0 spiro atoms. The number of rotatable bonds is 8. The Bertz CT molecular complexity index is 1180. The average Bonchev–Trinajstić information content (AvgIpc) is 2.81. The number of ether oxygens (including phenoxy) is 2. The van der Waals surface area contributed by atoms with Gasteiger partial charge in [-0.2, -0.15) is 5.26 Å². The summed E-state index contributed by atoms with van der Waals surface area (Å²) >= 11 is 0. The second-order valence-electron chi connectivity index (χ2n) is 7.86. The molecule has 33 heavy (non-hydrogen) atoms. The fourth-order valence-electron chi connectivity index (χ4n) is 3.53. The van der Waals surface area contributed by atoms with Crippen molar-refractivity contribution in [2.24, 2.45) is 0 Å². The van der Waals surface area contributed by atoms with Gasteiger partial charge in [-0.25, -0.2) is 0 Å². The number of anilines is 1. The van der Waals surface area contributed by atoms with E-state index < -0.39 is 5.91 Å². The maximum Gasteiger partial charge on any atom is 0.266 e. The number of amides is 1. The standard InChI is InChI=1S/C28H28N2O3/c1-5-21-6-9-25(10-7-21)30-28(31)24(17-29)15-23-8-11-26(32-4)16-27(23)33-18-22-13-19(2)12-20(3)14-22/h6-16H,5,18H2,1-4H3,(H,30,31)/b24-15+. The van der Waals surface area contributed by atoms with Crippen molar-refractivity contribution >= 4 is 17.7 Å². The third kappa shape index (κ3) is 6.47. The maximum absolute atomic E-state index is 12.7. The van der Waals surface area contributed by atoms with E-state index in [9.17, 15) is 10.1 Å². The number of carbonyl (C=O) groups excluding carboxylic acids is 1. The van der Waals surface area contributed by atoms with Crippen LogP contribution in [-0.4, -0.2) is 13.0 Å². The molecule has 0 aliphatic rings. The minimum atomic E-state index is -0.474. The molecule has 168 valence electrons. The van der Waals surface area contributed by atoms with E-state index in [1.807, 2.05) is 44.2 Å². The van der Waals surface area contributed by atoms with Crippen molar-refractivity contribution in [3.05, 3.63) is 94.1 Å². The lowest BCUT2D eigenvalue weighted by atomic mass is 10.1. The maximum atomic E-state index is 12.7. The van der Waals surface area contributed by atoms with Gasteiger partial charge >= 0.3 is 0 Å². The number of hydrogen-bond donors (Lipinski definition) is 1. The van der Waals surface area contributed by atoms with Crippen LogP contribution in [0.15, 0.2) is 66.2 Å². The molecule has 0 saturated carbocycles. The Morgan fingerprint density at radius 2 is 1.70 bits per heavy atom. The number of hydrogen-bond acceptors (Lipinski definition) is 4. The third-order valence-electron chi connectivity index (χ3n) is 5.18. The Balaban J connectivity index is 1.84. The Labute approximate surface area is 195 Å². The monoisotopic (exact) mass is 440 g/mol. The molecule has 0 fully saturated rings. The van der Waals surface area contributed by atoms with Crippen molar-refractivity contribution in [2.75, 3.05) is 12.4 Å². The number of benzene rings is 3. The van der Waals surface area contributed by atoms with Crippen LogP contribution in [0.2, 0.25) is 0 Å². The molecule has 0 atom stereocenters. The summed E-state index contributed by atoms with van der Waals surface area (Å²) in [5, 5.41) is 12.4. The van der Waals surface area contributed by atoms with Crippen molar-refractivity contribution in [3.63, 3.8) is 0 Å². The largest absolute Gasteiger partial charge is 0.497 e. The Morgan fingerprint density at radius 3 is 2.30 bits per heavy atom. The second-order valence-corrected chi connectivity index (χ2v) is 7.86. The first kappa shape index (κ1) is 23.6. The van der Waals surface area contributed by atoms with Gasteiger partial charge in [-0.1, -0.05) is 48.4 Å². The van der Waals surface area contributed by atoms with Gasteiger partial charge in [0.2, 0.25) is 0 Å². The zero-order valence-electron chi connectivity index (χ0n) is 19.4. The lowest BCUT2D eigenvalue weighted by molar-refractivity contribution is -0.112. The highest BCUT2D eigenvalue weighted by atomic mass is 16.5. The SMILES string of the molecule is CCc1ccc(NC(=O)/C(C#N)=C/c2ccc(OC)cc2OCc2cc(C)cc(C)c2)cc1. The van der Waals surface area contributed by atoms with E-state index in [0.29, 0.717) is 29.4 Å². The van der Waals surface area contributed by atoms with E-state index >= 15 is 0 Å². The van der Waals surface area contributed by atoms with Crippen molar-refractivity contribution < 1.29 is 14.3 Å². The van der Waals surface area contributed by atoms with Gasteiger partial charge in [-0.15, -0.1) is 0 Å². The number of nitrogens with one attached hydrogen (secondary N) is 1. The van der Waals surface area contributed by atoms with Crippen molar-refractivity contribution in [1.29, 1.82) is 5.26 Å².